The molecule has 0 radical (unpaired) electrons. The van der Waals surface area contributed by atoms with Gasteiger partial charge in [-0.2, -0.15) is 5.10 Å². The maximum atomic E-state index is 14.0. The van der Waals surface area contributed by atoms with Crippen molar-refractivity contribution >= 4 is 17.4 Å². The van der Waals surface area contributed by atoms with Crippen LogP contribution in [0.25, 0.3) is 5.65 Å². The number of hydrogen-bond donors (Lipinski definition) is 2. The van der Waals surface area contributed by atoms with E-state index in [4.69, 9.17) is 0 Å². The van der Waals surface area contributed by atoms with Crippen LogP contribution in [0, 0.1) is 5.82 Å². The molecule has 0 spiro atoms. The van der Waals surface area contributed by atoms with Crippen LogP contribution in [-0.2, 0) is 6.42 Å². The quantitative estimate of drug-likeness (QED) is 0.590. The van der Waals surface area contributed by atoms with E-state index in [1.54, 1.807) is 12.3 Å². The number of pyridine rings is 1. The van der Waals surface area contributed by atoms with Crippen LogP contribution in [0.4, 0.5) is 10.2 Å². The predicted octanol–water partition coefficient (Wildman–Crippen LogP) is 2.46. The topological polar surface area (TPSA) is 95.7 Å². The third kappa shape index (κ3) is 3.77. The molecular formula is C20H23FN6O2. The molecule has 1 aliphatic heterocycles. The first-order valence-corrected chi connectivity index (χ1v) is 9.78. The van der Waals surface area contributed by atoms with Gasteiger partial charge < -0.3 is 15.3 Å². The summed E-state index contributed by atoms with van der Waals surface area (Å²) < 4.78 is 15.5. The minimum Gasteiger partial charge on any atom is -0.477 e. The second-order valence-electron chi connectivity index (χ2n) is 7.06. The summed E-state index contributed by atoms with van der Waals surface area (Å²) in [5.74, 6) is -0.765. The van der Waals surface area contributed by atoms with Gasteiger partial charge in [0.25, 0.3) is 0 Å². The van der Waals surface area contributed by atoms with Crippen LogP contribution in [0.15, 0.2) is 30.7 Å². The van der Waals surface area contributed by atoms with Gasteiger partial charge in [-0.15, -0.1) is 0 Å². The lowest BCUT2D eigenvalue weighted by Crippen LogP contribution is -2.26. The fourth-order valence-electron chi connectivity index (χ4n) is 3.90. The molecule has 1 fully saturated rings. The average molecular weight is 398 g/mol. The Morgan fingerprint density at radius 1 is 1.41 bits per heavy atom. The lowest BCUT2D eigenvalue weighted by molar-refractivity contribution is 0.0698. The van der Waals surface area contributed by atoms with Crippen molar-refractivity contribution in [3.05, 3.63) is 53.4 Å². The molecule has 4 heterocycles. The molecule has 152 valence electrons. The van der Waals surface area contributed by atoms with E-state index in [-0.39, 0.29) is 17.4 Å². The van der Waals surface area contributed by atoms with Gasteiger partial charge >= 0.3 is 5.97 Å². The molecule has 8 nitrogen and oxygen atoms in total. The molecule has 2 N–H and O–H groups in total. The Kier molecular flexibility index (Phi) is 5.39. The summed E-state index contributed by atoms with van der Waals surface area (Å²) in [6.45, 7) is 4.44. The first-order valence-electron chi connectivity index (χ1n) is 9.78. The Bertz CT molecular complexity index is 1040. The summed E-state index contributed by atoms with van der Waals surface area (Å²) in [6, 6.07) is 3.33. The number of aromatic nitrogens is 4. The highest BCUT2D eigenvalue weighted by molar-refractivity contribution is 5.94. The van der Waals surface area contributed by atoms with E-state index in [0.717, 1.165) is 43.7 Å². The zero-order valence-corrected chi connectivity index (χ0v) is 16.2. The van der Waals surface area contributed by atoms with E-state index in [0.29, 0.717) is 17.9 Å². The normalized spacial score (nSPS) is 16.6. The molecule has 4 rings (SSSR count). The van der Waals surface area contributed by atoms with Gasteiger partial charge in [0.2, 0.25) is 0 Å². The number of halogens is 1. The zero-order chi connectivity index (χ0) is 20.4. The summed E-state index contributed by atoms with van der Waals surface area (Å²) in [5.41, 5.74) is 2.10. The maximum absolute atomic E-state index is 14.0. The lowest BCUT2D eigenvalue weighted by atomic mass is 10.0. The van der Waals surface area contributed by atoms with Gasteiger partial charge in [0, 0.05) is 31.4 Å². The van der Waals surface area contributed by atoms with Gasteiger partial charge in [0.05, 0.1) is 18.4 Å². The summed E-state index contributed by atoms with van der Waals surface area (Å²) in [7, 11) is 0. The SMILES string of the molecule is CCNCCc1ncc(F)cc1[C@@H]1CCCN1c1ccn2ncc(C(=O)O)c2n1. The zero-order valence-electron chi connectivity index (χ0n) is 16.2. The molecule has 0 aromatic carbocycles. The third-order valence-electron chi connectivity index (χ3n) is 5.25. The standard InChI is InChI=1S/C20H23FN6O2/c1-2-22-7-5-16-14(10-13(21)11-23-16)17-4-3-8-26(17)18-6-9-27-19(25-18)15(12-24-27)20(28)29/h6,9-12,17,22H,2-5,7-8H2,1H3,(H,28,29)/t17-/m0/s1. The number of hydrogen-bond acceptors (Lipinski definition) is 6. The Morgan fingerprint density at radius 3 is 3.07 bits per heavy atom. The smallest absolute Gasteiger partial charge is 0.341 e. The Balaban J connectivity index is 1.70. The van der Waals surface area contributed by atoms with Crippen molar-refractivity contribution in [2.75, 3.05) is 24.5 Å². The van der Waals surface area contributed by atoms with Crippen molar-refractivity contribution in [2.45, 2.75) is 32.2 Å². The largest absolute Gasteiger partial charge is 0.477 e. The predicted molar refractivity (Wildman–Crippen MR) is 106 cm³/mol. The van der Waals surface area contributed by atoms with Crippen LogP contribution < -0.4 is 10.2 Å². The van der Waals surface area contributed by atoms with Crippen LogP contribution in [-0.4, -0.2) is 50.3 Å². The number of likely N-dealkylation sites (N-methyl/N-ethyl adjacent to an activating group) is 1. The third-order valence-corrected chi connectivity index (χ3v) is 5.25. The molecular weight excluding hydrogens is 375 g/mol. The van der Waals surface area contributed by atoms with Gasteiger partial charge in [0.15, 0.2) is 5.65 Å². The van der Waals surface area contributed by atoms with Crippen LogP contribution in [0.2, 0.25) is 0 Å². The summed E-state index contributed by atoms with van der Waals surface area (Å²) in [5, 5.41) is 16.7. The number of fused-ring (bicyclic) bond motifs is 1. The number of carboxylic acids is 1. The number of nitrogens with one attached hydrogen (secondary N) is 1. The summed E-state index contributed by atoms with van der Waals surface area (Å²) in [6.07, 6.45) is 6.77. The second-order valence-corrected chi connectivity index (χ2v) is 7.06. The van der Waals surface area contributed by atoms with Crippen LogP contribution in [0.5, 0.6) is 0 Å². The monoisotopic (exact) mass is 398 g/mol. The minimum absolute atomic E-state index is 0.0547. The highest BCUT2D eigenvalue weighted by Crippen LogP contribution is 2.37. The Hall–Kier alpha value is -3.07. The number of carboxylic acid groups (broad SMARTS) is 1. The lowest BCUT2D eigenvalue weighted by Gasteiger charge is -2.27. The molecule has 1 aliphatic rings. The first kappa shape index (κ1) is 19.3. The number of nitrogens with zero attached hydrogens (tertiary/aromatic N) is 5. The van der Waals surface area contributed by atoms with E-state index in [1.165, 1.54) is 16.9 Å². The first-order chi connectivity index (χ1) is 14.1. The molecule has 0 unspecified atom stereocenters. The molecule has 9 heteroatoms. The minimum atomic E-state index is -1.07. The highest BCUT2D eigenvalue weighted by atomic mass is 19.1. The molecule has 1 atom stereocenters. The molecule has 3 aromatic rings. The molecule has 0 bridgehead atoms. The van der Waals surface area contributed by atoms with E-state index in [2.05, 4.69) is 25.3 Å². The number of rotatable bonds is 7. The van der Waals surface area contributed by atoms with Crippen molar-refractivity contribution in [3.63, 3.8) is 0 Å². The molecule has 3 aromatic heterocycles. The van der Waals surface area contributed by atoms with Gasteiger partial charge in [-0.25, -0.2) is 18.7 Å². The van der Waals surface area contributed by atoms with Crippen molar-refractivity contribution < 1.29 is 14.3 Å². The van der Waals surface area contributed by atoms with E-state index in [1.807, 2.05) is 13.0 Å². The highest BCUT2D eigenvalue weighted by Gasteiger charge is 2.30. The van der Waals surface area contributed by atoms with E-state index >= 15 is 0 Å². The van der Waals surface area contributed by atoms with Crippen molar-refractivity contribution in [3.8, 4) is 0 Å². The number of carbonyl (C=O) groups is 1. The van der Waals surface area contributed by atoms with Gasteiger partial charge in [-0.05, 0) is 37.1 Å². The summed E-state index contributed by atoms with van der Waals surface area (Å²) >= 11 is 0. The number of anilines is 1. The van der Waals surface area contributed by atoms with Crippen LogP contribution in [0.1, 0.15) is 47.4 Å². The second kappa shape index (κ2) is 8.12. The molecule has 1 saturated heterocycles. The van der Waals surface area contributed by atoms with E-state index in [9.17, 15) is 14.3 Å². The molecule has 0 amide bonds. The van der Waals surface area contributed by atoms with Crippen molar-refractivity contribution in [1.82, 2.24) is 24.9 Å². The van der Waals surface area contributed by atoms with Crippen LogP contribution >= 0.6 is 0 Å². The van der Waals surface area contributed by atoms with Crippen molar-refractivity contribution in [1.29, 1.82) is 0 Å². The maximum Gasteiger partial charge on any atom is 0.341 e. The number of aromatic carboxylic acids is 1. The van der Waals surface area contributed by atoms with Crippen molar-refractivity contribution in [2.24, 2.45) is 0 Å². The fourth-order valence-corrected chi connectivity index (χ4v) is 3.90. The van der Waals surface area contributed by atoms with E-state index < -0.39 is 5.97 Å². The van der Waals surface area contributed by atoms with Gasteiger partial charge in [0.1, 0.15) is 17.2 Å². The summed E-state index contributed by atoms with van der Waals surface area (Å²) in [4.78, 5) is 22.5. The average Bonchev–Trinajstić information content (AvgIpc) is 3.35. The van der Waals surface area contributed by atoms with Gasteiger partial charge in [-0.3, -0.25) is 4.98 Å². The molecule has 29 heavy (non-hydrogen) atoms. The molecule has 0 aliphatic carbocycles. The fraction of sp³-hybridized carbons (Fsp3) is 0.400. The molecule has 0 saturated carbocycles. The Morgan fingerprint density at radius 2 is 2.28 bits per heavy atom. The van der Waals surface area contributed by atoms with Gasteiger partial charge in [-0.1, -0.05) is 6.92 Å². The Labute approximate surface area is 167 Å². The van der Waals surface area contributed by atoms with Crippen LogP contribution in [0.3, 0.4) is 0 Å².